The van der Waals surface area contributed by atoms with Crippen LogP contribution in [0, 0.1) is 10.1 Å². The molecule has 0 aliphatic rings. The summed E-state index contributed by atoms with van der Waals surface area (Å²) < 4.78 is 5.29. The van der Waals surface area contributed by atoms with E-state index in [4.69, 9.17) is 4.74 Å². The van der Waals surface area contributed by atoms with Gasteiger partial charge in [0.1, 0.15) is 11.8 Å². The molecule has 0 aliphatic carbocycles. The van der Waals surface area contributed by atoms with Gasteiger partial charge in [-0.05, 0) is 43.5 Å². The summed E-state index contributed by atoms with van der Waals surface area (Å²) in [6.07, 6.45) is 0.487. The lowest BCUT2D eigenvalue weighted by Crippen LogP contribution is -2.50. The third-order valence-electron chi connectivity index (χ3n) is 4.95. The second-order valence-corrected chi connectivity index (χ2v) is 8.86. The van der Waals surface area contributed by atoms with Gasteiger partial charge in [-0.3, -0.25) is 19.7 Å². The molecule has 0 saturated carbocycles. The van der Waals surface area contributed by atoms with Crippen LogP contribution in [0.4, 0.5) is 5.69 Å². The lowest BCUT2D eigenvalue weighted by Gasteiger charge is -2.31. The second kappa shape index (κ2) is 12.8. The van der Waals surface area contributed by atoms with Crippen LogP contribution in [-0.2, 0) is 21.9 Å². The number of nitrogens with one attached hydrogen (secondary N) is 1. The van der Waals surface area contributed by atoms with Crippen molar-refractivity contribution in [3.05, 3.63) is 69.8 Å². The summed E-state index contributed by atoms with van der Waals surface area (Å²) in [6, 6.07) is 13.1. The lowest BCUT2D eigenvalue weighted by atomic mass is 10.1. The van der Waals surface area contributed by atoms with Gasteiger partial charge in [0, 0.05) is 30.5 Å². The maximum absolute atomic E-state index is 13.2. The van der Waals surface area contributed by atoms with Crippen LogP contribution in [0.3, 0.4) is 0 Å². The summed E-state index contributed by atoms with van der Waals surface area (Å²) >= 11 is 1.41. The average Bonchev–Trinajstić information content (AvgIpc) is 2.78. The largest absolute Gasteiger partial charge is 0.497 e. The molecule has 2 aromatic rings. The fourth-order valence-corrected chi connectivity index (χ4v) is 4.19. The first-order chi connectivity index (χ1) is 15.7. The van der Waals surface area contributed by atoms with Crippen LogP contribution in [0.1, 0.15) is 38.3 Å². The molecule has 9 heteroatoms. The number of thioether (sulfide) groups is 1. The molecular formula is C24H31N3O5S. The zero-order valence-corrected chi connectivity index (χ0v) is 20.3. The maximum atomic E-state index is 13.2. The normalized spacial score (nSPS) is 11.7. The molecule has 33 heavy (non-hydrogen) atoms. The van der Waals surface area contributed by atoms with Crippen LogP contribution in [0.15, 0.2) is 48.5 Å². The molecular weight excluding hydrogens is 442 g/mol. The number of carbonyl (C=O) groups excluding carboxylic acids is 2. The van der Waals surface area contributed by atoms with Crippen LogP contribution in [0.2, 0.25) is 0 Å². The fourth-order valence-electron chi connectivity index (χ4n) is 3.32. The van der Waals surface area contributed by atoms with Crippen LogP contribution >= 0.6 is 11.8 Å². The first-order valence-corrected chi connectivity index (χ1v) is 11.9. The number of nitrogens with zero attached hydrogens (tertiary/aromatic N) is 2. The van der Waals surface area contributed by atoms with E-state index in [-0.39, 0.29) is 35.8 Å². The predicted octanol–water partition coefficient (Wildman–Crippen LogP) is 4.17. The Hall–Kier alpha value is -3.07. The van der Waals surface area contributed by atoms with Crippen molar-refractivity contribution in [3.8, 4) is 5.75 Å². The molecule has 0 aliphatic heterocycles. The summed E-state index contributed by atoms with van der Waals surface area (Å²) in [7, 11) is 1.59. The molecule has 0 heterocycles. The molecule has 2 aromatic carbocycles. The standard InChI is InChI=1S/C24H31N3O5S/c1-5-22(24(29)25-17(2)3)26(14-19-7-6-8-21(13-19)32-4)23(28)16-33-15-18-9-11-20(12-10-18)27(30)31/h6-13,17,22H,5,14-16H2,1-4H3,(H,25,29). The fraction of sp³-hybridized carbons (Fsp3) is 0.417. The van der Waals surface area contributed by atoms with Gasteiger partial charge in [0.15, 0.2) is 0 Å². The average molecular weight is 474 g/mol. The van der Waals surface area contributed by atoms with Crippen molar-refractivity contribution in [2.45, 2.75) is 51.6 Å². The maximum Gasteiger partial charge on any atom is 0.269 e. The van der Waals surface area contributed by atoms with E-state index in [0.717, 1.165) is 11.1 Å². The molecule has 0 bridgehead atoms. The molecule has 1 N–H and O–H groups in total. The molecule has 178 valence electrons. The van der Waals surface area contributed by atoms with Crippen molar-refractivity contribution in [3.63, 3.8) is 0 Å². The molecule has 0 spiro atoms. The quantitative estimate of drug-likeness (QED) is 0.367. The summed E-state index contributed by atoms with van der Waals surface area (Å²) in [5.74, 6) is 1.09. The first-order valence-electron chi connectivity index (χ1n) is 10.8. The number of benzene rings is 2. The van der Waals surface area contributed by atoms with Gasteiger partial charge in [-0.15, -0.1) is 11.8 Å². The van der Waals surface area contributed by atoms with Crippen molar-refractivity contribution in [2.75, 3.05) is 12.9 Å². The van der Waals surface area contributed by atoms with Crippen molar-refractivity contribution < 1.29 is 19.2 Å². The van der Waals surface area contributed by atoms with E-state index >= 15 is 0 Å². The number of non-ortho nitro benzene ring substituents is 1. The van der Waals surface area contributed by atoms with Gasteiger partial charge in [0.2, 0.25) is 11.8 Å². The van der Waals surface area contributed by atoms with Crippen molar-refractivity contribution >= 4 is 29.3 Å². The molecule has 8 nitrogen and oxygen atoms in total. The Balaban J connectivity index is 2.13. The van der Waals surface area contributed by atoms with Crippen molar-refractivity contribution in [1.82, 2.24) is 10.2 Å². The minimum absolute atomic E-state index is 0.0307. The van der Waals surface area contributed by atoms with Gasteiger partial charge < -0.3 is 15.0 Å². The van der Waals surface area contributed by atoms with E-state index < -0.39 is 11.0 Å². The number of nitro benzene ring substituents is 1. The number of hydrogen-bond acceptors (Lipinski definition) is 6. The third kappa shape index (κ3) is 8.09. The number of hydrogen-bond donors (Lipinski definition) is 1. The Morgan fingerprint density at radius 1 is 1.15 bits per heavy atom. The lowest BCUT2D eigenvalue weighted by molar-refractivity contribution is -0.384. The summed E-state index contributed by atoms with van der Waals surface area (Å²) in [6.45, 7) is 5.95. The minimum atomic E-state index is -0.592. The van der Waals surface area contributed by atoms with Crippen LogP contribution in [-0.4, -0.2) is 46.6 Å². The Morgan fingerprint density at radius 3 is 2.42 bits per heavy atom. The van der Waals surface area contributed by atoms with Gasteiger partial charge in [-0.1, -0.05) is 31.2 Å². The van der Waals surface area contributed by atoms with E-state index in [9.17, 15) is 19.7 Å². The summed E-state index contributed by atoms with van der Waals surface area (Å²) in [5.41, 5.74) is 1.80. The number of nitro groups is 1. The van der Waals surface area contributed by atoms with Gasteiger partial charge in [0.05, 0.1) is 17.8 Å². The number of ether oxygens (including phenoxy) is 1. The second-order valence-electron chi connectivity index (χ2n) is 7.88. The van der Waals surface area contributed by atoms with E-state index in [0.29, 0.717) is 17.9 Å². The van der Waals surface area contributed by atoms with Crippen LogP contribution < -0.4 is 10.1 Å². The SMILES string of the molecule is CCC(C(=O)NC(C)C)N(Cc1cccc(OC)c1)C(=O)CSCc1ccc([N+](=O)[O-])cc1. The highest BCUT2D eigenvalue weighted by Gasteiger charge is 2.29. The third-order valence-corrected chi connectivity index (χ3v) is 5.93. The summed E-state index contributed by atoms with van der Waals surface area (Å²) in [5, 5.41) is 13.7. The molecule has 0 aromatic heterocycles. The van der Waals surface area contributed by atoms with Gasteiger partial charge in [-0.25, -0.2) is 0 Å². The highest BCUT2D eigenvalue weighted by atomic mass is 32.2. The monoisotopic (exact) mass is 473 g/mol. The van der Waals surface area contributed by atoms with Gasteiger partial charge >= 0.3 is 0 Å². The van der Waals surface area contributed by atoms with E-state index in [2.05, 4.69) is 5.32 Å². The van der Waals surface area contributed by atoms with Gasteiger partial charge in [0.25, 0.3) is 5.69 Å². The molecule has 1 unspecified atom stereocenters. The van der Waals surface area contributed by atoms with Crippen molar-refractivity contribution in [2.24, 2.45) is 0 Å². The summed E-state index contributed by atoms with van der Waals surface area (Å²) in [4.78, 5) is 38.0. The molecule has 2 amide bonds. The Morgan fingerprint density at radius 2 is 1.85 bits per heavy atom. The van der Waals surface area contributed by atoms with Crippen molar-refractivity contribution in [1.29, 1.82) is 0 Å². The van der Waals surface area contributed by atoms with Gasteiger partial charge in [-0.2, -0.15) is 0 Å². The number of methoxy groups -OCH3 is 1. The number of carbonyl (C=O) groups is 2. The van der Waals surface area contributed by atoms with E-state index in [1.807, 2.05) is 45.0 Å². The molecule has 0 fully saturated rings. The zero-order chi connectivity index (χ0) is 24.4. The molecule has 0 radical (unpaired) electrons. The smallest absolute Gasteiger partial charge is 0.269 e. The number of rotatable bonds is 12. The van der Waals surface area contributed by atoms with Crippen LogP contribution in [0.25, 0.3) is 0 Å². The first kappa shape index (κ1) is 26.2. The topological polar surface area (TPSA) is 102 Å². The Kier molecular flexibility index (Phi) is 10.2. The highest BCUT2D eigenvalue weighted by molar-refractivity contribution is 7.99. The molecule has 1 atom stereocenters. The Labute approximate surface area is 198 Å². The molecule has 2 rings (SSSR count). The zero-order valence-electron chi connectivity index (χ0n) is 19.4. The van der Waals surface area contributed by atoms with E-state index in [1.165, 1.54) is 23.9 Å². The Bertz CT molecular complexity index is 949. The van der Waals surface area contributed by atoms with E-state index in [1.54, 1.807) is 24.1 Å². The van der Waals surface area contributed by atoms with Crippen LogP contribution in [0.5, 0.6) is 5.75 Å². The minimum Gasteiger partial charge on any atom is -0.497 e. The number of amides is 2. The predicted molar refractivity (Wildman–Crippen MR) is 130 cm³/mol. The molecule has 0 saturated heterocycles. The highest BCUT2D eigenvalue weighted by Crippen LogP contribution is 2.21.